The van der Waals surface area contributed by atoms with Crippen molar-refractivity contribution in [3.8, 4) is 0 Å². The third-order valence-electron chi connectivity index (χ3n) is 0.638. The van der Waals surface area contributed by atoms with Gasteiger partial charge in [0, 0.05) is 0 Å². The van der Waals surface area contributed by atoms with Gasteiger partial charge in [0.25, 0.3) is 0 Å². The molecular weight excluding hydrogens is 202 g/mol. The molecule has 0 bridgehead atoms. The van der Waals surface area contributed by atoms with Crippen LogP contribution in [-0.4, -0.2) is 27.3 Å². The molecule has 35 valence electrons. The van der Waals surface area contributed by atoms with Crippen LogP contribution in [0.2, 0.25) is 0 Å². The number of aromatic nitrogens is 1. The van der Waals surface area contributed by atoms with E-state index in [4.69, 9.17) is 0 Å². The van der Waals surface area contributed by atoms with E-state index in [1.54, 1.807) is 6.20 Å². The second-order valence-corrected chi connectivity index (χ2v) is 2.36. The Bertz CT molecular complexity index is 138. The maximum atomic E-state index is 3.98. The van der Waals surface area contributed by atoms with Crippen LogP contribution in [0.5, 0.6) is 0 Å². The number of hydrogen-bond acceptors (Lipinski definition) is 1. The standard InChI is InChI=1S/C5H4NTe/c7-5-3-1-2-4-6-5/h1-4H. The monoisotopic (exact) mass is 208 g/mol. The molecule has 2 heteroatoms. The summed E-state index contributed by atoms with van der Waals surface area (Å²) >= 11 is 1.91. The van der Waals surface area contributed by atoms with Crippen molar-refractivity contribution in [1.29, 1.82) is 0 Å². The number of nitrogens with zero attached hydrogens (tertiary/aromatic N) is 1. The summed E-state index contributed by atoms with van der Waals surface area (Å²) in [6.45, 7) is 0. The summed E-state index contributed by atoms with van der Waals surface area (Å²) in [5.41, 5.74) is 0. The van der Waals surface area contributed by atoms with Gasteiger partial charge in [0.2, 0.25) is 0 Å². The van der Waals surface area contributed by atoms with Gasteiger partial charge in [-0.25, -0.2) is 0 Å². The van der Waals surface area contributed by atoms with Crippen molar-refractivity contribution in [2.45, 2.75) is 0 Å². The van der Waals surface area contributed by atoms with E-state index < -0.39 is 0 Å². The summed E-state index contributed by atoms with van der Waals surface area (Å²) in [5, 5.41) is 0. The fourth-order valence-electron chi connectivity index (χ4n) is 0.347. The number of rotatable bonds is 0. The molecule has 0 aromatic carbocycles. The fraction of sp³-hybridized carbons (Fsp3) is 0. The number of hydrogen-bond donors (Lipinski definition) is 0. The molecule has 1 nitrogen and oxygen atoms in total. The summed E-state index contributed by atoms with van der Waals surface area (Å²) in [7, 11) is 0. The number of pyridine rings is 1. The molecule has 0 saturated heterocycles. The Labute approximate surface area is 55.7 Å². The maximum absolute atomic E-state index is 3.98. The third kappa shape index (κ3) is 1.46. The quantitative estimate of drug-likeness (QED) is 0.538. The average Bonchev–Trinajstić information content (AvgIpc) is 1.69. The van der Waals surface area contributed by atoms with Crippen molar-refractivity contribution in [3.63, 3.8) is 0 Å². The van der Waals surface area contributed by atoms with Crippen LogP contribution in [0, 0.1) is 0 Å². The first kappa shape index (κ1) is 5.08. The summed E-state index contributed by atoms with van der Waals surface area (Å²) in [6, 6.07) is 5.87. The zero-order chi connectivity index (χ0) is 5.11. The molecule has 1 rings (SSSR count). The zero-order valence-electron chi connectivity index (χ0n) is 3.66. The third-order valence-corrected chi connectivity index (χ3v) is 1.33. The van der Waals surface area contributed by atoms with Gasteiger partial charge in [-0.3, -0.25) is 0 Å². The molecule has 7 heavy (non-hydrogen) atoms. The Morgan fingerprint density at radius 1 is 1.43 bits per heavy atom. The Morgan fingerprint density at radius 3 is 2.57 bits per heavy atom. The van der Waals surface area contributed by atoms with Crippen molar-refractivity contribution in [1.82, 2.24) is 4.98 Å². The van der Waals surface area contributed by atoms with Crippen molar-refractivity contribution in [2.75, 3.05) is 0 Å². The molecule has 0 amide bonds. The van der Waals surface area contributed by atoms with Crippen LogP contribution in [0.25, 0.3) is 0 Å². The van der Waals surface area contributed by atoms with Crippen LogP contribution >= 0.6 is 0 Å². The normalized spacial score (nSPS) is 8.57. The van der Waals surface area contributed by atoms with Crippen LogP contribution in [0.3, 0.4) is 0 Å². The van der Waals surface area contributed by atoms with E-state index in [0.717, 1.165) is 3.74 Å². The van der Waals surface area contributed by atoms with E-state index in [1.165, 1.54) is 0 Å². The van der Waals surface area contributed by atoms with Crippen molar-refractivity contribution < 1.29 is 0 Å². The van der Waals surface area contributed by atoms with Crippen LogP contribution in [0.4, 0.5) is 0 Å². The van der Waals surface area contributed by atoms with Crippen LogP contribution in [0.1, 0.15) is 0 Å². The predicted molar refractivity (Wildman–Crippen MR) is 29.6 cm³/mol. The van der Waals surface area contributed by atoms with E-state index in [2.05, 4.69) is 4.98 Å². The van der Waals surface area contributed by atoms with Crippen LogP contribution in [-0.2, 0) is 0 Å². The summed E-state index contributed by atoms with van der Waals surface area (Å²) in [4.78, 5) is 3.98. The van der Waals surface area contributed by atoms with E-state index in [-0.39, 0.29) is 0 Å². The molecule has 0 aliphatic rings. The molecule has 0 fully saturated rings. The second-order valence-electron chi connectivity index (χ2n) is 1.17. The fourth-order valence-corrected chi connectivity index (χ4v) is 0.745. The first-order chi connectivity index (χ1) is 3.39. The van der Waals surface area contributed by atoms with Gasteiger partial charge in [-0.2, -0.15) is 0 Å². The Kier molecular flexibility index (Phi) is 1.67. The van der Waals surface area contributed by atoms with Gasteiger partial charge in [0.1, 0.15) is 0 Å². The molecule has 0 N–H and O–H groups in total. The van der Waals surface area contributed by atoms with Gasteiger partial charge in [0.15, 0.2) is 0 Å². The minimum atomic E-state index is 1.08. The molecule has 0 atom stereocenters. The molecule has 1 aromatic heterocycles. The average molecular weight is 206 g/mol. The van der Waals surface area contributed by atoms with Crippen molar-refractivity contribution >= 4 is 26.0 Å². The topological polar surface area (TPSA) is 12.9 Å². The Hall–Kier alpha value is -0.0604. The molecule has 1 radical (unpaired) electrons. The predicted octanol–water partition coefficient (Wildman–Crippen LogP) is -0.125. The van der Waals surface area contributed by atoms with Crippen LogP contribution in [0.15, 0.2) is 24.4 Å². The van der Waals surface area contributed by atoms with Crippen molar-refractivity contribution in [2.24, 2.45) is 0 Å². The second kappa shape index (κ2) is 2.30. The van der Waals surface area contributed by atoms with Crippen LogP contribution < -0.4 is 3.74 Å². The van der Waals surface area contributed by atoms with E-state index in [9.17, 15) is 0 Å². The molecular formula is C5H4NTe. The molecule has 1 aromatic rings. The molecule has 0 saturated carbocycles. The van der Waals surface area contributed by atoms with Gasteiger partial charge in [-0.05, 0) is 0 Å². The SMILES string of the molecule is [Te]c1ccccn1. The summed E-state index contributed by atoms with van der Waals surface area (Å²) in [6.07, 6.45) is 1.79. The zero-order valence-corrected chi connectivity index (χ0v) is 6.00. The molecule has 1 heterocycles. The van der Waals surface area contributed by atoms with Gasteiger partial charge in [0.05, 0.1) is 0 Å². The van der Waals surface area contributed by atoms with E-state index in [0.29, 0.717) is 0 Å². The molecule has 0 spiro atoms. The Balaban J connectivity index is 3.02. The molecule has 0 aliphatic carbocycles. The molecule has 0 aliphatic heterocycles. The van der Waals surface area contributed by atoms with E-state index >= 15 is 0 Å². The first-order valence-electron chi connectivity index (χ1n) is 1.97. The van der Waals surface area contributed by atoms with Gasteiger partial charge >= 0.3 is 55.4 Å². The minimum absolute atomic E-state index is 1.08. The van der Waals surface area contributed by atoms with Gasteiger partial charge in [-0.15, -0.1) is 0 Å². The summed E-state index contributed by atoms with van der Waals surface area (Å²) in [5.74, 6) is 0. The van der Waals surface area contributed by atoms with Gasteiger partial charge in [-0.1, -0.05) is 0 Å². The first-order valence-corrected chi connectivity index (χ1v) is 3.14. The summed E-state index contributed by atoms with van der Waals surface area (Å²) < 4.78 is 1.08. The van der Waals surface area contributed by atoms with Crippen molar-refractivity contribution in [3.05, 3.63) is 24.4 Å². The molecule has 0 unspecified atom stereocenters. The van der Waals surface area contributed by atoms with E-state index in [1.807, 2.05) is 40.5 Å². The Morgan fingerprint density at radius 2 is 2.29 bits per heavy atom. The van der Waals surface area contributed by atoms with Gasteiger partial charge < -0.3 is 0 Å².